The van der Waals surface area contributed by atoms with Crippen LogP contribution in [0.4, 0.5) is 0 Å². The number of carbonyl (C=O) groups excluding carboxylic acids is 2. The fourth-order valence-electron chi connectivity index (χ4n) is 5.48. The third kappa shape index (κ3) is 2.84. The summed E-state index contributed by atoms with van der Waals surface area (Å²) in [6, 6.07) is 14.7. The molecule has 2 amide bonds. The van der Waals surface area contributed by atoms with Crippen molar-refractivity contribution >= 4 is 22.7 Å². The fourth-order valence-corrected chi connectivity index (χ4v) is 5.48. The molecule has 1 aromatic heterocycles. The number of methoxy groups -OCH3 is 1. The molecule has 7 nitrogen and oxygen atoms in total. The molecule has 3 heterocycles. The van der Waals surface area contributed by atoms with E-state index in [1.165, 1.54) is 0 Å². The van der Waals surface area contributed by atoms with E-state index in [1.54, 1.807) is 31.1 Å². The molecule has 0 radical (unpaired) electrons. The Bertz CT molecular complexity index is 1210. The Labute approximate surface area is 186 Å². The molecule has 5 rings (SSSR count). The van der Waals surface area contributed by atoms with Gasteiger partial charge < -0.3 is 24.2 Å². The van der Waals surface area contributed by atoms with E-state index >= 15 is 0 Å². The lowest BCUT2D eigenvalue weighted by Crippen LogP contribution is -2.68. The molecular weight excluding hydrogens is 406 g/mol. The van der Waals surface area contributed by atoms with Gasteiger partial charge in [0, 0.05) is 56.3 Å². The highest BCUT2D eigenvalue weighted by Gasteiger charge is 2.55. The maximum Gasteiger partial charge on any atom is 0.254 e. The van der Waals surface area contributed by atoms with Crippen LogP contribution in [-0.4, -0.2) is 64.6 Å². The second-order valence-electron chi connectivity index (χ2n) is 8.86. The van der Waals surface area contributed by atoms with Crippen molar-refractivity contribution in [2.45, 2.75) is 18.4 Å². The number of benzene rings is 2. The number of nitrogens with zero attached hydrogens (tertiary/aromatic N) is 3. The molecule has 1 atom stereocenters. The molecule has 1 saturated heterocycles. The minimum Gasteiger partial charge on any atom is -0.497 e. The summed E-state index contributed by atoms with van der Waals surface area (Å²) in [4.78, 5) is 29.2. The van der Waals surface area contributed by atoms with E-state index in [-0.39, 0.29) is 23.8 Å². The molecule has 0 aliphatic carbocycles. The summed E-state index contributed by atoms with van der Waals surface area (Å²) in [6.45, 7) is 2.95. The molecule has 3 aromatic rings. The number of hydrogen-bond acceptors (Lipinski definition) is 4. The first-order valence-electron chi connectivity index (χ1n) is 10.8. The molecular formula is C25H27N3O4. The van der Waals surface area contributed by atoms with Crippen LogP contribution in [0.1, 0.15) is 34.6 Å². The van der Waals surface area contributed by atoms with Crippen LogP contribution in [0.25, 0.3) is 10.9 Å². The zero-order chi connectivity index (χ0) is 22.6. The normalized spacial score (nSPS) is 19.1. The van der Waals surface area contributed by atoms with Gasteiger partial charge in [0.25, 0.3) is 5.91 Å². The standard InChI is InChI=1S/C25H27N3O4/c1-16(30)27-13-25(14-27)15-28(24(31)17-7-5-4-6-8-17)21(12-29)23-22(25)19-10-9-18(32-3)11-20(19)26(23)2/h4-11,21,29H,12-15H2,1-3H3/t21-/m1/s1. The van der Waals surface area contributed by atoms with Crippen molar-refractivity contribution in [1.29, 1.82) is 0 Å². The van der Waals surface area contributed by atoms with E-state index in [0.29, 0.717) is 25.2 Å². The van der Waals surface area contributed by atoms with E-state index in [4.69, 9.17) is 4.74 Å². The van der Waals surface area contributed by atoms with Crippen LogP contribution >= 0.6 is 0 Å². The number of fused-ring (bicyclic) bond motifs is 4. The lowest BCUT2D eigenvalue weighted by atomic mass is 9.68. The van der Waals surface area contributed by atoms with Gasteiger partial charge in [-0.05, 0) is 29.8 Å². The van der Waals surface area contributed by atoms with Gasteiger partial charge in [-0.25, -0.2) is 0 Å². The summed E-state index contributed by atoms with van der Waals surface area (Å²) in [5, 5.41) is 11.5. The van der Waals surface area contributed by atoms with Gasteiger partial charge in [0.1, 0.15) is 5.75 Å². The fraction of sp³-hybridized carbons (Fsp3) is 0.360. The number of carbonyl (C=O) groups is 2. The zero-order valence-corrected chi connectivity index (χ0v) is 18.5. The maximum atomic E-state index is 13.6. The highest BCUT2D eigenvalue weighted by atomic mass is 16.5. The number of aliphatic hydroxyl groups excluding tert-OH is 1. The van der Waals surface area contributed by atoms with Crippen LogP contribution in [0.5, 0.6) is 5.75 Å². The van der Waals surface area contributed by atoms with Gasteiger partial charge in [0.15, 0.2) is 0 Å². The van der Waals surface area contributed by atoms with Gasteiger partial charge in [0.2, 0.25) is 5.91 Å². The Morgan fingerprint density at radius 2 is 1.84 bits per heavy atom. The lowest BCUT2D eigenvalue weighted by Gasteiger charge is -2.56. The predicted molar refractivity (Wildman–Crippen MR) is 121 cm³/mol. The van der Waals surface area contributed by atoms with Crippen LogP contribution < -0.4 is 4.74 Å². The second-order valence-corrected chi connectivity index (χ2v) is 8.86. The lowest BCUT2D eigenvalue weighted by molar-refractivity contribution is -0.137. The monoisotopic (exact) mass is 433 g/mol. The van der Waals surface area contributed by atoms with E-state index in [0.717, 1.165) is 27.9 Å². The van der Waals surface area contributed by atoms with E-state index in [1.807, 2.05) is 48.3 Å². The number of aryl methyl sites for hydroxylation is 1. The number of rotatable bonds is 3. The summed E-state index contributed by atoms with van der Waals surface area (Å²) in [5.41, 5.74) is 3.27. The Morgan fingerprint density at radius 1 is 1.12 bits per heavy atom. The summed E-state index contributed by atoms with van der Waals surface area (Å²) >= 11 is 0. The molecule has 32 heavy (non-hydrogen) atoms. The summed E-state index contributed by atoms with van der Waals surface area (Å²) in [7, 11) is 3.60. The van der Waals surface area contributed by atoms with Crippen molar-refractivity contribution in [3.63, 3.8) is 0 Å². The average molecular weight is 434 g/mol. The predicted octanol–water partition coefficient (Wildman–Crippen LogP) is 2.48. The summed E-state index contributed by atoms with van der Waals surface area (Å²) in [5.74, 6) is 0.671. The Balaban J connectivity index is 1.71. The molecule has 0 saturated carbocycles. The third-order valence-corrected chi connectivity index (χ3v) is 7.04. The van der Waals surface area contributed by atoms with E-state index < -0.39 is 6.04 Å². The Morgan fingerprint density at radius 3 is 2.47 bits per heavy atom. The molecule has 1 N–H and O–H groups in total. The van der Waals surface area contributed by atoms with Gasteiger partial charge in [-0.15, -0.1) is 0 Å². The quantitative estimate of drug-likeness (QED) is 0.689. The minimum absolute atomic E-state index is 0.0318. The number of aromatic nitrogens is 1. The second kappa shape index (κ2) is 7.38. The van der Waals surface area contributed by atoms with Crippen molar-refractivity contribution in [3.8, 4) is 5.75 Å². The summed E-state index contributed by atoms with van der Waals surface area (Å²) in [6.07, 6.45) is 0. The van der Waals surface area contributed by atoms with Gasteiger partial charge >= 0.3 is 0 Å². The van der Waals surface area contributed by atoms with Crippen molar-refractivity contribution in [3.05, 3.63) is 65.4 Å². The van der Waals surface area contributed by atoms with Gasteiger partial charge in [0.05, 0.1) is 30.7 Å². The van der Waals surface area contributed by atoms with Crippen LogP contribution in [0.2, 0.25) is 0 Å². The van der Waals surface area contributed by atoms with Crippen LogP contribution in [0.3, 0.4) is 0 Å². The molecule has 2 aliphatic rings. The molecule has 1 spiro atoms. The maximum absolute atomic E-state index is 13.6. The van der Waals surface area contributed by atoms with Gasteiger partial charge in [-0.2, -0.15) is 0 Å². The number of amides is 2. The van der Waals surface area contributed by atoms with E-state index in [2.05, 4.69) is 4.57 Å². The Kier molecular flexibility index (Phi) is 4.74. The Hall–Kier alpha value is -3.32. The first-order valence-corrected chi connectivity index (χ1v) is 10.8. The van der Waals surface area contributed by atoms with Crippen LogP contribution in [0.15, 0.2) is 48.5 Å². The van der Waals surface area contributed by atoms with Gasteiger partial charge in [-0.1, -0.05) is 18.2 Å². The first-order chi connectivity index (χ1) is 15.4. The number of hydrogen-bond donors (Lipinski definition) is 1. The smallest absolute Gasteiger partial charge is 0.254 e. The molecule has 0 unspecified atom stereocenters. The number of aliphatic hydroxyl groups is 1. The van der Waals surface area contributed by atoms with Crippen molar-refractivity contribution in [1.82, 2.24) is 14.4 Å². The highest BCUT2D eigenvalue weighted by molar-refractivity contribution is 5.96. The van der Waals surface area contributed by atoms with Crippen LogP contribution in [-0.2, 0) is 17.3 Å². The van der Waals surface area contributed by atoms with Crippen molar-refractivity contribution < 1.29 is 19.4 Å². The van der Waals surface area contributed by atoms with Crippen LogP contribution in [0, 0.1) is 0 Å². The molecule has 1 fully saturated rings. The molecule has 166 valence electrons. The first kappa shape index (κ1) is 20.6. The van der Waals surface area contributed by atoms with Crippen molar-refractivity contribution in [2.75, 3.05) is 33.4 Å². The molecule has 2 aromatic carbocycles. The van der Waals surface area contributed by atoms with Gasteiger partial charge in [-0.3, -0.25) is 9.59 Å². The molecule has 0 bridgehead atoms. The number of likely N-dealkylation sites (tertiary alicyclic amines) is 1. The van der Waals surface area contributed by atoms with Crippen molar-refractivity contribution in [2.24, 2.45) is 7.05 Å². The average Bonchev–Trinajstić information content (AvgIpc) is 3.08. The minimum atomic E-state index is -0.474. The largest absolute Gasteiger partial charge is 0.497 e. The highest BCUT2D eigenvalue weighted by Crippen LogP contribution is 2.49. The topological polar surface area (TPSA) is 75.0 Å². The summed E-state index contributed by atoms with van der Waals surface area (Å²) < 4.78 is 7.51. The molecule has 7 heteroatoms. The SMILES string of the molecule is COc1ccc2c3c(n(C)c2c1)[C@@H](CO)N(C(=O)c1ccccc1)CC31CN(C(C)=O)C1. The number of ether oxygens (including phenoxy) is 1. The van der Waals surface area contributed by atoms with E-state index in [9.17, 15) is 14.7 Å². The third-order valence-electron chi connectivity index (χ3n) is 7.04. The molecule has 2 aliphatic heterocycles. The zero-order valence-electron chi connectivity index (χ0n) is 18.5.